The molecule has 2 N–H and O–H groups in total. The maximum absolute atomic E-state index is 12.9. The first-order chi connectivity index (χ1) is 12.5. The lowest BCUT2D eigenvalue weighted by molar-refractivity contribution is 0.0416. The van der Waals surface area contributed by atoms with Gasteiger partial charge in [0.2, 0.25) is 5.95 Å². The Kier molecular flexibility index (Phi) is 5.51. The van der Waals surface area contributed by atoms with Crippen molar-refractivity contribution < 1.29 is 9.90 Å². The van der Waals surface area contributed by atoms with Crippen molar-refractivity contribution in [2.75, 3.05) is 18.4 Å². The van der Waals surface area contributed by atoms with Gasteiger partial charge in [-0.15, -0.1) is 0 Å². The van der Waals surface area contributed by atoms with Crippen LogP contribution in [0.3, 0.4) is 0 Å². The number of carbonyl (C=O) groups is 1. The number of nitrogens with zero attached hydrogens (tertiary/aromatic N) is 5. The van der Waals surface area contributed by atoms with Crippen LogP contribution in [0, 0.1) is 0 Å². The zero-order valence-electron chi connectivity index (χ0n) is 15.5. The third kappa shape index (κ3) is 3.85. The van der Waals surface area contributed by atoms with Crippen molar-refractivity contribution in [1.82, 2.24) is 24.6 Å². The van der Waals surface area contributed by atoms with E-state index in [1.165, 1.54) is 0 Å². The van der Waals surface area contributed by atoms with Crippen LogP contribution >= 0.6 is 0 Å². The highest BCUT2D eigenvalue weighted by atomic mass is 16.3. The molecular formula is C18H26N6O2. The highest BCUT2D eigenvalue weighted by Crippen LogP contribution is 2.20. The molecule has 0 saturated carbocycles. The molecule has 140 valence electrons. The molecule has 0 radical (unpaired) electrons. The van der Waals surface area contributed by atoms with Gasteiger partial charge in [0.05, 0.1) is 17.8 Å². The molecule has 3 heterocycles. The number of aryl methyl sites for hydroxylation is 1. The molecule has 2 aromatic heterocycles. The highest BCUT2D eigenvalue weighted by Gasteiger charge is 2.32. The van der Waals surface area contributed by atoms with Crippen molar-refractivity contribution in [3.05, 3.63) is 35.9 Å². The Bertz CT molecular complexity index is 745. The molecule has 1 amide bonds. The Balaban J connectivity index is 1.67. The Morgan fingerprint density at radius 1 is 1.38 bits per heavy atom. The summed E-state index contributed by atoms with van der Waals surface area (Å²) < 4.78 is 1.74. The standard InChI is InChI=1S/C18H26N6O2/c1-4-24-15(10-14(22-24)12(2)3)17(26)23-9-6-13(16(25)11-23)21-18-19-7-5-8-20-18/h5,7-8,10,12-13,16,25H,4,6,9,11H2,1-3H3,(H,19,20,21)/t13-,16-/m1/s1. The third-order valence-electron chi connectivity index (χ3n) is 4.66. The van der Waals surface area contributed by atoms with E-state index in [4.69, 9.17) is 0 Å². The normalized spacial score (nSPS) is 20.4. The molecule has 2 aromatic rings. The van der Waals surface area contributed by atoms with Crippen LogP contribution in [0.4, 0.5) is 5.95 Å². The summed E-state index contributed by atoms with van der Waals surface area (Å²) in [7, 11) is 0. The number of likely N-dealkylation sites (tertiary alicyclic amines) is 1. The van der Waals surface area contributed by atoms with Crippen LogP contribution in [-0.2, 0) is 6.54 Å². The van der Waals surface area contributed by atoms with Crippen LogP contribution in [0.25, 0.3) is 0 Å². The van der Waals surface area contributed by atoms with Crippen LogP contribution in [-0.4, -0.2) is 60.9 Å². The number of aromatic nitrogens is 4. The number of nitrogens with one attached hydrogen (secondary N) is 1. The predicted molar refractivity (Wildman–Crippen MR) is 98.0 cm³/mol. The van der Waals surface area contributed by atoms with Gasteiger partial charge in [-0.3, -0.25) is 9.48 Å². The molecule has 0 aliphatic carbocycles. The first-order valence-electron chi connectivity index (χ1n) is 9.08. The molecule has 0 bridgehead atoms. The van der Waals surface area contributed by atoms with E-state index in [0.717, 1.165) is 5.69 Å². The molecule has 26 heavy (non-hydrogen) atoms. The second kappa shape index (κ2) is 7.82. The van der Waals surface area contributed by atoms with Crippen molar-refractivity contribution >= 4 is 11.9 Å². The molecule has 0 unspecified atom stereocenters. The van der Waals surface area contributed by atoms with E-state index in [0.29, 0.717) is 31.2 Å². The maximum atomic E-state index is 12.9. The number of anilines is 1. The summed E-state index contributed by atoms with van der Waals surface area (Å²) in [6.45, 7) is 7.56. The van der Waals surface area contributed by atoms with E-state index < -0.39 is 6.10 Å². The maximum Gasteiger partial charge on any atom is 0.272 e. The lowest BCUT2D eigenvalue weighted by Gasteiger charge is -2.36. The summed E-state index contributed by atoms with van der Waals surface area (Å²) in [4.78, 5) is 22.9. The van der Waals surface area contributed by atoms with E-state index in [1.807, 2.05) is 13.0 Å². The molecule has 0 spiro atoms. The first kappa shape index (κ1) is 18.3. The van der Waals surface area contributed by atoms with Crippen molar-refractivity contribution in [3.8, 4) is 0 Å². The van der Waals surface area contributed by atoms with Gasteiger partial charge >= 0.3 is 0 Å². The molecular weight excluding hydrogens is 332 g/mol. The average molecular weight is 358 g/mol. The summed E-state index contributed by atoms with van der Waals surface area (Å²) in [6.07, 6.45) is 3.25. The number of piperidine rings is 1. The van der Waals surface area contributed by atoms with Gasteiger partial charge in [-0.1, -0.05) is 13.8 Å². The fourth-order valence-corrected chi connectivity index (χ4v) is 3.12. The van der Waals surface area contributed by atoms with Crippen molar-refractivity contribution in [1.29, 1.82) is 0 Å². The van der Waals surface area contributed by atoms with Gasteiger partial charge in [0.1, 0.15) is 5.69 Å². The minimum absolute atomic E-state index is 0.0836. The largest absolute Gasteiger partial charge is 0.389 e. The van der Waals surface area contributed by atoms with E-state index in [2.05, 4.69) is 34.2 Å². The fourth-order valence-electron chi connectivity index (χ4n) is 3.12. The van der Waals surface area contributed by atoms with Crippen LogP contribution in [0.15, 0.2) is 24.5 Å². The molecule has 3 rings (SSSR count). The SMILES string of the molecule is CCn1nc(C(C)C)cc1C(=O)N1CC[C@@H](Nc2ncccn2)[C@H](O)C1. The van der Waals surface area contributed by atoms with Gasteiger partial charge < -0.3 is 15.3 Å². The van der Waals surface area contributed by atoms with E-state index in [-0.39, 0.29) is 24.4 Å². The lowest BCUT2D eigenvalue weighted by Crippen LogP contribution is -2.52. The number of hydrogen-bond donors (Lipinski definition) is 2. The molecule has 0 aromatic carbocycles. The molecule has 8 nitrogen and oxygen atoms in total. The Morgan fingerprint density at radius 3 is 2.73 bits per heavy atom. The number of aliphatic hydroxyl groups excluding tert-OH is 1. The number of carbonyl (C=O) groups excluding carboxylic acids is 1. The fraction of sp³-hybridized carbons (Fsp3) is 0.556. The van der Waals surface area contributed by atoms with Gasteiger partial charge in [0.15, 0.2) is 0 Å². The predicted octanol–water partition coefficient (Wildman–Crippen LogP) is 1.50. The third-order valence-corrected chi connectivity index (χ3v) is 4.66. The summed E-state index contributed by atoms with van der Waals surface area (Å²) in [5.41, 5.74) is 1.50. The molecule has 8 heteroatoms. The number of aliphatic hydroxyl groups is 1. The van der Waals surface area contributed by atoms with Crippen LogP contribution in [0.5, 0.6) is 0 Å². The zero-order chi connectivity index (χ0) is 18.7. The number of hydrogen-bond acceptors (Lipinski definition) is 6. The van der Waals surface area contributed by atoms with Gasteiger partial charge in [0, 0.05) is 32.0 Å². The van der Waals surface area contributed by atoms with E-state index in [9.17, 15) is 9.90 Å². The summed E-state index contributed by atoms with van der Waals surface area (Å²) in [5, 5.41) is 18.1. The molecule has 1 aliphatic heterocycles. The van der Waals surface area contributed by atoms with E-state index in [1.54, 1.807) is 28.0 Å². The summed E-state index contributed by atoms with van der Waals surface area (Å²) in [6, 6.07) is 3.43. The average Bonchev–Trinajstić information content (AvgIpc) is 3.08. The topological polar surface area (TPSA) is 96.2 Å². The van der Waals surface area contributed by atoms with Crippen molar-refractivity contribution in [3.63, 3.8) is 0 Å². The molecule has 1 aliphatic rings. The number of amides is 1. The van der Waals surface area contributed by atoms with Gasteiger partial charge in [-0.25, -0.2) is 9.97 Å². The molecule has 1 fully saturated rings. The minimum atomic E-state index is -0.681. The lowest BCUT2D eigenvalue weighted by atomic mass is 10.0. The minimum Gasteiger partial charge on any atom is -0.389 e. The zero-order valence-corrected chi connectivity index (χ0v) is 15.5. The number of rotatable bonds is 5. The van der Waals surface area contributed by atoms with Gasteiger partial charge in [-0.05, 0) is 31.4 Å². The second-order valence-electron chi connectivity index (χ2n) is 6.86. The Hall–Kier alpha value is -2.48. The first-order valence-corrected chi connectivity index (χ1v) is 9.08. The quantitative estimate of drug-likeness (QED) is 0.841. The van der Waals surface area contributed by atoms with Crippen LogP contribution in [0.2, 0.25) is 0 Å². The Morgan fingerprint density at radius 2 is 2.12 bits per heavy atom. The van der Waals surface area contributed by atoms with Crippen molar-refractivity contribution in [2.24, 2.45) is 0 Å². The van der Waals surface area contributed by atoms with Gasteiger partial charge in [0.25, 0.3) is 5.91 Å². The molecule has 1 saturated heterocycles. The van der Waals surface area contributed by atoms with Crippen LogP contribution in [0.1, 0.15) is 49.3 Å². The van der Waals surface area contributed by atoms with Crippen LogP contribution < -0.4 is 5.32 Å². The smallest absolute Gasteiger partial charge is 0.272 e. The Labute approximate surface area is 153 Å². The monoisotopic (exact) mass is 358 g/mol. The highest BCUT2D eigenvalue weighted by molar-refractivity contribution is 5.93. The molecule has 2 atom stereocenters. The van der Waals surface area contributed by atoms with Gasteiger partial charge in [-0.2, -0.15) is 5.10 Å². The second-order valence-corrected chi connectivity index (χ2v) is 6.86. The van der Waals surface area contributed by atoms with E-state index >= 15 is 0 Å². The summed E-state index contributed by atoms with van der Waals surface area (Å²) >= 11 is 0. The van der Waals surface area contributed by atoms with Crippen molar-refractivity contribution in [2.45, 2.75) is 51.8 Å². The summed E-state index contributed by atoms with van der Waals surface area (Å²) in [5.74, 6) is 0.669. The number of β-amino-alcohol motifs (C(OH)–C–C–N with tert-alkyl or cyclic N) is 1.